The molecule has 0 spiro atoms. The Morgan fingerprint density at radius 1 is 1.50 bits per heavy atom. The summed E-state index contributed by atoms with van der Waals surface area (Å²) in [7, 11) is 0. The SMILES string of the molecule is OCCN1N=N1. The molecular weight excluding hydrogens is 82.0 g/mol. The molecule has 0 saturated carbocycles. The van der Waals surface area contributed by atoms with Gasteiger partial charge in [0.15, 0.2) is 0 Å². The van der Waals surface area contributed by atoms with Crippen molar-refractivity contribution in [2.45, 2.75) is 0 Å². The molecule has 1 heterocycles. The van der Waals surface area contributed by atoms with Crippen molar-refractivity contribution >= 4 is 0 Å². The minimum atomic E-state index is 0.132. The highest BCUT2D eigenvalue weighted by molar-refractivity contribution is 4.43. The lowest BCUT2D eigenvalue weighted by Gasteiger charge is -1.84. The van der Waals surface area contributed by atoms with Gasteiger partial charge in [-0.2, -0.15) is 0 Å². The predicted octanol–water partition coefficient (Wildman–Crippen LogP) is -0.424. The first kappa shape index (κ1) is 3.55. The van der Waals surface area contributed by atoms with E-state index in [4.69, 9.17) is 5.11 Å². The molecule has 0 bridgehead atoms. The van der Waals surface area contributed by atoms with Crippen molar-refractivity contribution in [1.82, 2.24) is 5.12 Å². The lowest BCUT2D eigenvalue weighted by atomic mass is 10.7. The van der Waals surface area contributed by atoms with E-state index in [9.17, 15) is 0 Å². The van der Waals surface area contributed by atoms with Crippen LogP contribution < -0.4 is 0 Å². The van der Waals surface area contributed by atoms with Gasteiger partial charge in [0.25, 0.3) is 0 Å². The summed E-state index contributed by atoms with van der Waals surface area (Å²) < 4.78 is 0. The second kappa shape index (κ2) is 1.22. The van der Waals surface area contributed by atoms with E-state index < -0.39 is 0 Å². The summed E-state index contributed by atoms with van der Waals surface area (Å²) in [4.78, 5) is 0. The van der Waals surface area contributed by atoms with Gasteiger partial charge in [-0.25, -0.2) is 0 Å². The maximum Gasteiger partial charge on any atom is 0.0874 e. The molecule has 4 nitrogen and oxygen atoms in total. The lowest BCUT2D eigenvalue weighted by molar-refractivity contribution is 0.258. The molecule has 1 rings (SSSR count). The number of β-amino-alcohol motifs (C(OH)–C–C–N with tert-alkyl or cyclic N) is 1. The molecule has 0 aromatic carbocycles. The summed E-state index contributed by atoms with van der Waals surface area (Å²) in [6.07, 6.45) is 0. The molecule has 1 aliphatic rings. The van der Waals surface area contributed by atoms with Gasteiger partial charge in [-0.05, 0) is 10.4 Å². The number of hydrogen-bond donors (Lipinski definition) is 1. The molecule has 0 aliphatic carbocycles. The van der Waals surface area contributed by atoms with Gasteiger partial charge in [-0.15, -0.1) is 5.12 Å². The van der Waals surface area contributed by atoms with E-state index >= 15 is 0 Å². The molecular formula is C2H5N3O. The Morgan fingerprint density at radius 3 is 2.33 bits per heavy atom. The highest BCUT2D eigenvalue weighted by atomic mass is 16.3. The molecule has 0 radical (unpaired) electrons. The van der Waals surface area contributed by atoms with E-state index in [2.05, 4.69) is 10.4 Å². The Hall–Kier alpha value is -0.640. The zero-order chi connectivity index (χ0) is 4.41. The van der Waals surface area contributed by atoms with Crippen LogP contribution in [0.15, 0.2) is 10.4 Å². The molecule has 0 saturated heterocycles. The van der Waals surface area contributed by atoms with Crippen LogP contribution in [0.25, 0.3) is 0 Å². The van der Waals surface area contributed by atoms with Crippen LogP contribution in [0, 0.1) is 0 Å². The lowest BCUT2D eigenvalue weighted by Crippen LogP contribution is -2.01. The number of nitrogens with zero attached hydrogens (tertiary/aromatic N) is 3. The summed E-state index contributed by atoms with van der Waals surface area (Å²) in [5.41, 5.74) is 0. The van der Waals surface area contributed by atoms with Gasteiger partial charge in [0.1, 0.15) is 0 Å². The summed E-state index contributed by atoms with van der Waals surface area (Å²) in [5.74, 6) is 0. The fourth-order valence-electron chi connectivity index (χ4n) is 0.207. The average Bonchev–Trinajstić information content (AvgIpc) is 2.21. The number of aliphatic hydroxyl groups is 1. The van der Waals surface area contributed by atoms with Gasteiger partial charge in [-0.3, -0.25) is 0 Å². The first-order valence-electron chi connectivity index (χ1n) is 1.73. The van der Waals surface area contributed by atoms with Crippen LogP contribution >= 0.6 is 0 Å². The summed E-state index contributed by atoms with van der Waals surface area (Å²) in [6.45, 7) is 0.674. The third kappa shape index (κ3) is 0.651. The third-order valence-corrected chi connectivity index (χ3v) is 0.516. The Bertz CT molecular complexity index is 65.2. The zero-order valence-corrected chi connectivity index (χ0v) is 3.20. The highest BCUT2D eigenvalue weighted by Crippen LogP contribution is 2.03. The quantitative estimate of drug-likeness (QED) is 0.497. The highest BCUT2D eigenvalue weighted by Gasteiger charge is 2.06. The predicted molar refractivity (Wildman–Crippen MR) is 18.6 cm³/mol. The van der Waals surface area contributed by atoms with Gasteiger partial charge in [0.05, 0.1) is 13.2 Å². The van der Waals surface area contributed by atoms with Crippen molar-refractivity contribution in [3.8, 4) is 0 Å². The Morgan fingerprint density at radius 2 is 2.17 bits per heavy atom. The molecule has 0 fully saturated rings. The minimum Gasteiger partial charge on any atom is -0.394 e. The molecule has 1 N–H and O–H groups in total. The molecule has 0 aromatic rings. The maximum atomic E-state index is 8.12. The standard InChI is InChI=1S/C2H5N3O/c6-2-1-5-3-4-5/h6H,1-2H2. The van der Waals surface area contributed by atoms with Crippen LogP contribution in [0.5, 0.6) is 0 Å². The number of hydrogen-bond acceptors (Lipinski definition) is 4. The van der Waals surface area contributed by atoms with Crippen molar-refractivity contribution in [3.05, 3.63) is 0 Å². The normalized spacial score (nSPS) is 15.8. The van der Waals surface area contributed by atoms with Gasteiger partial charge in [0.2, 0.25) is 0 Å². The van der Waals surface area contributed by atoms with Crippen molar-refractivity contribution < 1.29 is 5.11 Å². The van der Waals surface area contributed by atoms with E-state index in [-0.39, 0.29) is 6.61 Å². The smallest absolute Gasteiger partial charge is 0.0874 e. The van der Waals surface area contributed by atoms with Gasteiger partial charge in [0, 0.05) is 0 Å². The molecule has 4 heteroatoms. The maximum absolute atomic E-state index is 8.12. The van der Waals surface area contributed by atoms with Crippen LogP contribution in [-0.2, 0) is 0 Å². The van der Waals surface area contributed by atoms with Crippen LogP contribution in [0.1, 0.15) is 0 Å². The number of rotatable bonds is 2. The van der Waals surface area contributed by atoms with Crippen molar-refractivity contribution in [2.75, 3.05) is 13.2 Å². The zero-order valence-electron chi connectivity index (χ0n) is 3.20. The average molecular weight is 87.1 g/mol. The monoisotopic (exact) mass is 87.0 g/mol. The fourth-order valence-corrected chi connectivity index (χ4v) is 0.207. The molecule has 1 aliphatic heterocycles. The second-order valence-corrected chi connectivity index (χ2v) is 0.998. The van der Waals surface area contributed by atoms with Crippen LogP contribution in [0.4, 0.5) is 0 Å². The van der Waals surface area contributed by atoms with E-state index in [0.29, 0.717) is 6.54 Å². The molecule has 6 heavy (non-hydrogen) atoms. The summed E-state index contributed by atoms with van der Waals surface area (Å²) >= 11 is 0. The van der Waals surface area contributed by atoms with Crippen LogP contribution in [-0.4, -0.2) is 23.4 Å². The van der Waals surface area contributed by atoms with Crippen LogP contribution in [0.2, 0.25) is 0 Å². The third-order valence-electron chi connectivity index (χ3n) is 0.516. The van der Waals surface area contributed by atoms with Gasteiger partial charge in [-0.1, -0.05) is 0 Å². The topological polar surface area (TPSA) is 48.0 Å². The number of aliphatic hydroxyl groups excluding tert-OH is 1. The molecule has 0 atom stereocenters. The van der Waals surface area contributed by atoms with Crippen LogP contribution in [0.3, 0.4) is 0 Å². The van der Waals surface area contributed by atoms with Gasteiger partial charge < -0.3 is 5.11 Å². The van der Waals surface area contributed by atoms with Crippen molar-refractivity contribution in [3.63, 3.8) is 0 Å². The Labute approximate surface area is 35.0 Å². The molecule has 0 aromatic heterocycles. The van der Waals surface area contributed by atoms with E-state index in [1.54, 1.807) is 0 Å². The van der Waals surface area contributed by atoms with E-state index in [1.807, 2.05) is 0 Å². The Balaban J connectivity index is 1.90. The van der Waals surface area contributed by atoms with Crippen molar-refractivity contribution in [1.29, 1.82) is 0 Å². The molecule has 0 unspecified atom stereocenters. The first-order chi connectivity index (χ1) is 2.93. The van der Waals surface area contributed by atoms with Gasteiger partial charge >= 0.3 is 0 Å². The summed E-state index contributed by atoms with van der Waals surface area (Å²) in [6, 6.07) is 0. The van der Waals surface area contributed by atoms with E-state index in [1.165, 1.54) is 5.12 Å². The first-order valence-corrected chi connectivity index (χ1v) is 1.73. The largest absolute Gasteiger partial charge is 0.394 e. The molecule has 34 valence electrons. The minimum absolute atomic E-state index is 0.132. The fraction of sp³-hybridized carbons (Fsp3) is 1.00. The van der Waals surface area contributed by atoms with Crippen molar-refractivity contribution in [2.24, 2.45) is 10.4 Å². The Kier molecular flexibility index (Phi) is 0.719. The summed E-state index contributed by atoms with van der Waals surface area (Å²) in [5, 5.41) is 16.3. The molecule has 0 amide bonds. The van der Waals surface area contributed by atoms with E-state index in [0.717, 1.165) is 0 Å². The second-order valence-electron chi connectivity index (χ2n) is 0.998.